The van der Waals surface area contributed by atoms with Crippen LogP contribution < -0.4 is 10.6 Å². The highest BCUT2D eigenvalue weighted by atomic mass is 19.1. The van der Waals surface area contributed by atoms with Crippen LogP contribution in [0.2, 0.25) is 0 Å². The van der Waals surface area contributed by atoms with Gasteiger partial charge < -0.3 is 15.5 Å². The fourth-order valence-electron chi connectivity index (χ4n) is 2.82. The molecule has 2 rings (SSSR count). The number of hydrogen-bond acceptors (Lipinski definition) is 3. The van der Waals surface area contributed by atoms with Crippen molar-refractivity contribution in [3.05, 3.63) is 41.6 Å². The summed E-state index contributed by atoms with van der Waals surface area (Å²) in [5.41, 5.74) is 0.0963. The van der Waals surface area contributed by atoms with E-state index in [9.17, 15) is 18.4 Å². The molecular formula is C22H31F2N5O2. The van der Waals surface area contributed by atoms with Crippen molar-refractivity contribution in [2.45, 2.75) is 59.4 Å². The maximum atomic E-state index is 13.8. The molecule has 0 aliphatic rings. The molecule has 0 bridgehead atoms. The summed E-state index contributed by atoms with van der Waals surface area (Å²) in [5.74, 6) is -1.52. The highest BCUT2D eigenvalue weighted by Gasteiger charge is 2.26. The smallest absolute Gasteiger partial charge is 0.315 e. The molecule has 1 aromatic heterocycles. The Morgan fingerprint density at radius 1 is 1.06 bits per heavy atom. The van der Waals surface area contributed by atoms with E-state index in [2.05, 4.69) is 15.7 Å². The fourth-order valence-corrected chi connectivity index (χ4v) is 2.82. The van der Waals surface area contributed by atoms with Gasteiger partial charge >= 0.3 is 6.03 Å². The lowest BCUT2D eigenvalue weighted by atomic mass is 9.92. The number of carbonyl (C=O) groups excluding carboxylic acids is 2. The molecular weight excluding hydrogens is 404 g/mol. The van der Waals surface area contributed by atoms with Crippen molar-refractivity contribution in [2.24, 2.45) is 0 Å². The van der Waals surface area contributed by atoms with Gasteiger partial charge in [0.2, 0.25) is 5.91 Å². The molecule has 2 N–H and O–H groups in total. The molecule has 0 spiro atoms. The molecule has 0 saturated heterocycles. The van der Waals surface area contributed by atoms with E-state index in [1.807, 2.05) is 47.6 Å². The van der Waals surface area contributed by atoms with Crippen molar-refractivity contribution in [2.75, 3.05) is 23.7 Å². The number of carbonyl (C=O) groups is 2. The molecule has 0 fully saturated rings. The van der Waals surface area contributed by atoms with Crippen molar-refractivity contribution < 1.29 is 18.4 Å². The molecule has 1 aromatic carbocycles. The SMILES string of the molecule is CCN(CC(=O)Nc1cc(C(C)(C)C)nn1C(C)(C)C)C(=O)Nc1ccc(F)cc1F. The van der Waals surface area contributed by atoms with Crippen molar-refractivity contribution in [3.8, 4) is 0 Å². The third kappa shape index (κ3) is 6.26. The Morgan fingerprint density at radius 3 is 2.23 bits per heavy atom. The van der Waals surface area contributed by atoms with E-state index < -0.39 is 23.6 Å². The normalized spacial score (nSPS) is 11.9. The summed E-state index contributed by atoms with van der Waals surface area (Å²) in [6, 6.07) is 4.02. The van der Waals surface area contributed by atoms with E-state index in [1.54, 1.807) is 11.6 Å². The monoisotopic (exact) mass is 435 g/mol. The van der Waals surface area contributed by atoms with Crippen LogP contribution in [0.1, 0.15) is 54.2 Å². The Hall–Kier alpha value is -2.97. The molecule has 0 saturated carbocycles. The van der Waals surface area contributed by atoms with Crippen LogP contribution in [0.4, 0.5) is 25.1 Å². The second-order valence-corrected chi connectivity index (χ2v) is 9.36. The number of anilines is 2. The van der Waals surface area contributed by atoms with Crippen LogP contribution in [0, 0.1) is 11.6 Å². The summed E-state index contributed by atoms with van der Waals surface area (Å²) >= 11 is 0. The molecule has 0 aliphatic heterocycles. The predicted octanol–water partition coefficient (Wildman–Crippen LogP) is 4.71. The Labute approximate surface area is 181 Å². The van der Waals surface area contributed by atoms with Gasteiger partial charge in [0.05, 0.1) is 16.9 Å². The largest absolute Gasteiger partial charge is 0.322 e. The molecule has 0 atom stereocenters. The summed E-state index contributed by atoms with van der Waals surface area (Å²) in [5, 5.41) is 9.84. The number of halogens is 2. The molecule has 31 heavy (non-hydrogen) atoms. The molecule has 1 heterocycles. The first-order valence-corrected chi connectivity index (χ1v) is 10.1. The van der Waals surface area contributed by atoms with E-state index >= 15 is 0 Å². The first-order chi connectivity index (χ1) is 14.2. The summed E-state index contributed by atoms with van der Waals surface area (Å²) in [6.07, 6.45) is 0. The van der Waals surface area contributed by atoms with E-state index in [1.165, 1.54) is 4.90 Å². The minimum atomic E-state index is -0.891. The Balaban J connectivity index is 2.14. The second kappa shape index (κ2) is 9.03. The molecule has 0 unspecified atom stereocenters. The molecule has 170 valence electrons. The highest BCUT2D eigenvalue weighted by Crippen LogP contribution is 2.28. The minimum Gasteiger partial charge on any atom is -0.315 e. The minimum absolute atomic E-state index is 0.161. The average molecular weight is 436 g/mol. The van der Waals surface area contributed by atoms with Gasteiger partial charge in [-0.2, -0.15) is 5.10 Å². The van der Waals surface area contributed by atoms with Crippen LogP contribution in [0.5, 0.6) is 0 Å². The maximum Gasteiger partial charge on any atom is 0.322 e. The zero-order valence-corrected chi connectivity index (χ0v) is 19.1. The Morgan fingerprint density at radius 2 is 1.71 bits per heavy atom. The van der Waals surface area contributed by atoms with Crippen LogP contribution in [0.25, 0.3) is 0 Å². The molecule has 0 radical (unpaired) electrons. The van der Waals surface area contributed by atoms with Crippen LogP contribution in [-0.2, 0) is 15.7 Å². The van der Waals surface area contributed by atoms with Crippen molar-refractivity contribution in [1.29, 1.82) is 0 Å². The molecule has 2 aromatic rings. The quantitative estimate of drug-likeness (QED) is 0.714. The van der Waals surface area contributed by atoms with E-state index in [0.29, 0.717) is 11.9 Å². The van der Waals surface area contributed by atoms with E-state index in [-0.39, 0.29) is 29.7 Å². The van der Waals surface area contributed by atoms with Crippen LogP contribution >= 0.6 is 0 Å². The van der Waals surface area contributed by atoms with Gasteiger partial charge in [-0.3, -0.25) is 4.79 Å². The lowest BCUT2D eigenvalue weighted by Crippen LogP contribution is -2.41. The fraction of sp³-hybridized carbons (Fsp3) is 0.500. The number of hydrogen-bond donors (Lipinski definition) is 2. The average Bonchev–Trinajstić information content (AvgIpc) is 3.06. The second-order valence-electron chi connectivity index (χ2n) is 9.36. The van der Waals surface area contributed by atoms with E-state index in [0.717, 1.165) is 17.8 Å². The van der Waals surface area contributed by atoms with Crippen molar-refractivity contribution in [3.63, 3.8) is 0 Å². The third-order valence-electron chi connectivity index (χ3n) is 4.56. The topological polar surface area (TPSA) is 79.3 Å². The molecule has 3 amide bonds. The molecule has 9 heteroatoms. The lowest BCUT2D eigenvalue weighted by Gasteiger charge is -2.24. The first kappa shape index (κ1) is 24.3. The first-order valence-electron chi connectivity index (χ1n) is 10.1. The Kier molecular flexibility index (Phi) is 7.08. The van der Waals surface area contributed by atoms with Gasteiger partial charge in [0, 0.05) is 24.1 Å². The zero-order chi connectivity index (χ0) is 23.6. The standard InChI is InChI=1S/C22H31F2N5O2/c1-8-28(20(31)25-16-10-9-14(23)11-15(16)24)13-19(30)26-18-12-17(21(2,3)4)27-29(18)22(5,6)7/h9-12H,8,13H2,1-7H3,(H,25,31)(H,26,30). The Bertz CT molecular complexity index is 958. The number of aromatic nitrogens is 2. The van der Waals surface area contributed by atoms with Crippen molar-refractivity contribution in [1.82, 2.24) is 14.7 Å². The van der Waals surface area contributed by atoms with Gasteiger partial charge in [-0.1, -0.05) is 20.8 Å². The van der Waals surface area contributed by atoms with Gasteiger partial charge in [-0.25, -0.2) is 18.3 Å². The van der Waals surface area contributed by atoms with Crippen molar-refractivity contribution >= 4 is 23.4 Å². The lowest BCUT2D eigenvalue weighted by molar-refractivity contribution is -0.116. The number of urea groups is 1. The van der Waals surface area contributed by atoms with Gasteiger partial charge in [0.25, 0.3) is 0 Å². The maximum absolute atomic E-state index is 13.8. The van der Waals surface area contributed by atoms with Crippen LogP contribution in [0.15, 0.2) is 24.3 Å². The van der Waals surface area contributed by atoms with Gasteiger partial charge in [-0.15, -0.1) is 0 Å². The summed E-state index contributed by atoms with van der Waals surface area (Å²) in [4.78, 5) is 26.4. The van der Waals surface area contributed by atoms with Gasteiger partial charge in [-0.05, 0) is 39.8 Å². The number of nitrogens with one attached hydrogen (secondary N) is 2. The van der Waals surface area contributed by atoms with Gasteiger partial charge in [0.15, 0.2) is 0 Å². The van der Waals surface area contributed by atoms with E-state index in [4.69, 9.17) is 0 Å². The zero-order valence-electron chi connectivity index (χ0n) is 19.1. The summed E-state index contributed by atoms with van der Waals surface area (Å²) in [6.45, 7) is 13.7. The number of likely N-dealkylation sites (N-methyl/N-ethyl adjacent to an activating group) is 1. The van der Waals surface area contributed by atoms with Gasteiger partial charge in [0.1, 0.15) is 24.0 Å². The third-order valence-corrected chi connectivity index (χ3v) is 4.56. The number of benzene rings is 1. The highest BCUT2D eigenvalue weighted by molar-refractivity contribution is 5.96. The summed E-state index contributed by atoms with van der Waals surface area (Å²) in [7, 11) is 0. The number of rotatable bonds is 5. The molecule has 7 nitrogen and oxygen atoms in total. The predicted molar refractivity (Wildman–Crippen MR) is 117 cm³/mol. The molecule has 0 aliphatic carbocycles. The number of amides is 3. The number of nitrogens with zero attached hydrogens (tertiary/aromatic N) is 3. The van der Waals surface area contributed by atoms with Crippen LogP contribution in [0.3, 0.4) is 0 Å². The van der Waals surface area contributed by atoms with Crippen LogP contribution in [-0.4, -0.2) is 39.7 Å². The summed E-state index contributed by atoms with van der Waals surface area (Å²) < 4.78 is 28.6.